The predicted molar refractivity (Wildman–Crippen MR) is 42.8 cm³/mol. The van der Waals surface area contributed by atoms with E-state index in [-0.39, 0.29) is 5.56 Å². The van der Waals surface area contributed by atoms with Crippen molar-refractivity contribution in [2.24, 2.45) is 0 Å². The van der Waals surface area contributed by atoms with Crippen molar-refractivity contribution in [1.82, 2.24) is 0 Å². The van der Waals surface area contributed by atoms with Crippen LogP contribution in [-0.4, -0.2) is 31.3 Å². The third-order valence-electron chi connectivity index (χ3n) is 0.797. The average Bonchev–Trinajstić information content (AvgIpc) is 1.87. The maximum absolute atomic E-state index is 5.49. The maximum Gasteiger partial charge on any atom is 0.128 e. The Labute approximate surface area is 71.4 Å². The fraction of sp³-hybridized carbons (Fsp3) is 1.00. The molecule has 0 aromatic rings. The topological polar surface area (TPSA) is 18.5 Å². The Hall–Kier alpha value is 0.500. The lowest BCUT2D eigenvalue weighted by atomic mass is 10.7. The average molecular weight is 187 g/mol. The Bertz CT molecular complexity index is 68.8. The van der Waals surface area contributed by atoms with Gasteiger partial charge in [-0.2, -0.15) is 0 Å². The van der Waals surface area contributed by atoms with Gasteiger partial charge < -0.3 is 9.47 Å². The van der Waals surface area contributed by atoms with Gasteiger partial charge in [-0.05, 0) is 6.92 Å². The van der Waals surface area contributed by atoms with Gasteiger partial charge in [-0.25, -0.2) is 0 Å². The van der Waals surface area contributed by atoms with Gasteiger partial charge in [0.2, 0.25) is 0 Å². The van der Waals surface area contributed by atoms with Crippen LogP contribution >= 0.6 is 23.2 Å². The summed E-state index contributed by atoms with van der Waals surface area (Å²) in [6, 6.07) is 0. The fourth-order valence-corrected chi connectivity index (χ4v) is 0.624. The van der Waals surface area contributed by atoms with Gasteiger partial charge in [0.05, 0.1) is 19.8 Å². The van der Waals surface area contributed by atoms with Gasteiger partial charge in [-0.1, -0.05) is 11.6 Å². The lowest BCUT2D eigenvalue weighted by Crippen LogP contribution is -2.08. The van der Waals surface area contributed by atoms with Crippen molar-refractivity contribution in [3.05, 3.63) is 0 Å². The zero-order valence-electron chi connectivity index (χ0n) is 5.98. The molecular weight excluding hydrogens is 175 g/mol. The van der Waals surface area contributed by atoms with Gasteiger partial charge in [0.15, 0.2) is 0 Å². The molecule has 0 N–H and O–H groups in total. The summed E-state index contributed by atoms with van der Waals surface area (Å²) in [6.07, 6.45) is 0. The van der Waals surface area contributed by atoms with Crippen LogP contribution < -0.4 is 0 Å². The molecule has 0 aliphatic rings. The Kier molecular flexibility index (Phi) is 7.99. The Morgan fingerprint density at radius 3 is 2.50 bits per heavy atom. The summed E-state index contributed by atoms with van der Waals surface area (Å²) in [4.78, 5) is 0. The van der Waals surface area contributed by atoms with Crippen LogP contribution in [0.2, 0.25) is 0 Å². The number of hydrogen-bond acceptors (Lipinski definition) is 2. The van der Waals surface area contributed by atoms with Gasteiger partial charge in [0, 0.05) is 5.88 Å². The highest BCUT2D eigenvalue weighted by molar-refractivity contribution is 6.19. The van der Waals surface area contributed by atoms with Crippen molar-refractivity contribution in [3.8, 4) is 0 Å². The molecule has 0 bridgehead atoms. The molecular formula is C6H12Cl2O2. The molecule has 0 unspecified atom stereocenters. The van der Waals surface area contributed by atoms with Crippen molar-refractivity contribution in [2.75, 3.05) is 25.7 Å². The SMILES string of the molecule is C[C@H](Cl)OCCOCCCl. The monoisotopic (exact) mass is 186 g/mol. The summed E-state index contributed by atoms with van der Waals surface area (Å²) in [5, 5.41) is 0. The van der Waals surface area contributed by atoms with E-state index in [9.17, 15) is 0 Å². The largest absolute Gasteiger partial charge is 0.378 e. The molecule has 0 saturated carbocycles. The van der Waals surface area contributed by atoms with Gasteiger partial charge in [0.25, 0.3) is 0 Å². The first-order valence-electron chi connectivity index (χ1n) is 3.16. The molecule has 0 amide bonds. The van der Waals surface area contributed by atoms with E-state index in [1.807, 2.05) is 0 Å². The number of alkyl halides is 2. The van der Waals surface area contributed by atoms with Gasteiger partial charge in [-0.15, -0.1) is 11.6 Å². The molecule has 0 saturated heterocycles. The highest BCUT2D eigenvalue weighted by atomic mass is 35.5. The van der Waals surface area contributed by atoms with E-state index < -0.39 is 0 Å². The Morgan fingerprint density at radius 2 is 2.00 bits per heavy atom. The van der Waals surface area contributed by atoms with E-state index >= 15 is 0 Å². The van der Waals surface area contributed by atoms with E-state index in [1.165, 1.54) is 0 Å². The molecule has 0 fully saturated rings. The standard InChI is InChI=1S/C6H12Cl2O2/c1-6(8)10-5-4-9-3-2-7/h6H,2-5H2,1H3/t6-/m1/s1. The van der Waals surface area contributed by atoms with Crippen LogP contribution in [0.4, 0.5) is 0 Å². The molecule has 1 atom stereocenters. The summed E-state index contributed by atoms with van der Waals surface area (Å²) >= 11 is 10.8. The van der Waals surface area contributed by atoms with E-state index in [0.717, 1.165) is 0 Å². The maximum atomic E-state index is 5.49. The van der Waals surface area contributed by atoms with Crippen LogP contribution in [0.25, 0.3) is 0 Å². The van der Waals surface area contributed by atoms with Crippen LogP contribution in [-0.2, 0) is 9.47 Å². The first kappa shape index (κ1) is 10.5. The highest BCUT2D eigenvalue weighted by Crippen LogP contribution is 1.94. The first-order chi connectivity index (χ1) is 4.77. The van der Waals surface area contributed by atoms with Crippen LogP contribution in [0.1, 0.15) is 6.92 Å². The van der Waals surface area contributed by atoms with Crippen molar-refractivity contribution < 1.29 is 9.47 Å². The molecule has 0 aromatic carbocycles. The quantitative estimate of drug-likeness (QED) is 0.466. The molecule has 62 valence electrons. The van der Waals surface area contributed by atoms with Gasteiger partial charge in [0.1, 0.15) is 5.56 Å². The molecule has 0 aliphatic heterocycles. The lowest BCUT2D eigenvalue weighted by Gasteiger charge is -2.04. The Morgan fingerprint density at radius 1 is 1.30 bits per heavy atom. The second kappa shape index (κ2) is 7.61. The third-order valence-corrected chi connectivity index (χ3v) is 1.08. The Balaban J connectivity index is 2.77. The molecule has 0 rings (SSSR count). The predicted octanol–water partition coefficient (Wildman–Crippen LogP) is 1.84. The van der Waals surface area contributed by atoms with Crippen LogP contribution in [0, 0.1) is 0 Å². The smallest absolute Gasteiger partial charge is 0.128 e. The minimum Gasteiger partial charge on any atom is -0.378 e. The van der Waals surface area contributed by atoms with Crippen molar-refractivity contribution in [2.45, 2.75) is 12.5 Å². The summed E-state index contributed by atoms with van der Waals surface area (Å²) in [7, 11) is 0. The molecule has 0 radical (unpaired) electrons. The minimum atomic E-state index is -0.236. The van der Waals surface area contributed by atoms with Crippen molar-refractivity contribution in [1.29, 1.82) is 0 Å². The van der Waals surface area contributed by atoms with E-state index in [0.29, 0.717) is 25.7 Å². The zero-order valence-corrected chi connectivity index (χ0v) is 7.49. The lowest BCUT2D eigenvalue weighted by molar-refractivity contribution is 0.0455. The summed E-state index contributed by atoms with van der Waals surface area (Å²) in [5.74, 6) is 0.524. The third kappa shape index (κ3) is 8.50. The molecule has 4 heteroatoms. The van der Waals surface area contributed by atoms with E-state index in [2.05, 4.69) is 0 Å². The molecule has 0 aliphatic carbocycles. The summed E-state index contributed by atoms with van der Waals surface area (Å²) in [5.41, 5.74) is -0.236. The van der Waals surface area contributed by atoms with E-state index in [1.54, 1.807) is 6.92 Å². The second-order valence-corrected chi connectivity index (χ2v) is 2.71. The van der Waals surface area contributed by atoms with Crippen molar-refractivity contribution >= 4 is 23.2 Å². The normalized spacial score (nSPS) is 13.5. The van der Waals surface area contributed by atoms with Crippen molar-refractivity contribution in [3.63, 3.8) is 0 Å². The first-order valence-corrected chi connectivity index (χ1v) is 4.14. The molecule has 0 heterocycles. The highest BCUT2D eigenvalue weighted by Gasteiger charge is 1.93. The van der Waals surface area contributed by atoms with Crippen LogP contribution in [0.15, 0.2) is 0 Å². The second-order valence-electron chi connectivity index (χ2n) is 1.72. The number of hydrogen-bond donors (Lipinski definition) is 0. The number of rotatable bonds is 6. The molecule has 10 heavy (non-hydrogen) atoms. The van der Waals surface area contributed by atoms with Gasteiger partial charge >= 0.3 is 0 Å². The fourth-order valence-electron chi connectivity index (χ4n) is 0.426. The summed E-state index contributed by atoms with van der Waals surface area (Å²) < 4.78 is 10.0. The molecule has 0 aromatic heterocycles. The van der Waals surface area contributed by atoms with Crippen LogP contribution in [0.5, 0.6) is 0 Å². The number of halogens is 2. The molecule has 0 spiro atoms. The summed E-state index contributed by atoms with van der Waals surface area (Å²) in [6.45, 7) is 3.43. The van der Waals surface area contributed by atoms with E-state index in [4.69, 9.17) is 32.7 Å². The zero-order chi connectivity index (χ0) is 7.82. The minimum absolute atomic E-state index is 0.236. The molecule has 2 nitrogen and oxygen atoms in total. The number of ether oxygens (including phenoxy) is 2. The van der Waals surface area contributed by atoms with Crippen LogP contribution in [0.3, 0.4) is 0 Å². The van der Waals surface area contributed by atoms with Gasteiger partial charge in [-0.3, -0.25) is 0 Å².